The van der Waals surface area contributed by atoms with Crippen LogP contribution in [-0.4, -0.2) is 37.8 Å². The molecule has 0 aliphatic rings. The standard InChI is InChI=1S/C23H15F4N7O5/c24-15-8-13(38-14-5-6-29-18(9-14)20(35)39-21(28)36)2-3-16(15)32-22(37)33-17-7-12(23(25,26)27)1-4-19(17)34-10-30-31-11-34/h1-11H,(H2,28,36)(H2,32,33,37). The summed E-state index contributed by atoms with van der Waals surface area (Å²) in [5.41, 5.74) is 3.02. The van der Waals surface area contributed by atoms with Crippen LogP contribution in [-0.2, 0) is 10.9 Å². The summed E-state index contributed by atoms with van der Waals surface area (Å²) in [6.45, 7) is 0. The molecule has 3 amide bonds. The van der Waals surface area contributed by atoms with Crippen molar-refractivity contribution >= 4 is 29.5 Å². The summed E-state index contributed by atoms with van der Waals surface area (Å²) >= 11 is 0. The Balaban J connectivity index is 1.48. The molecule has 0 fully saturated rings. The van der Waals surface area contributed by atoms with Crippen molar-refractivity contribution in [2.75, 3.05) is 10.6 Å². The third-order valence-corrected chi connectivity index (χ3v) is 4.83. The first-order valence-corrected chi connectivity index (χ1v) is 10.6. The van der Waals surface area contributed by atoms with Crippen molar-refractivity contribution in [3.8, 4) is 17.2 Å². The molecular formula is C23H15F4N7O5. The lowest BCUT2D eigenvalue weighted by Gasteiger charge is -2.15. The molecular weight excluding hydrogens is 530 g/mol. The number of primary amides is 1. The summed E-state index contributed by atoms with van der Waals surface area (Å²) in [5.74, 6) is -2.09. The van der Waals surface area contributed by atoms with E-state index in [4.69, 9.17) is 10.5 Å². The fraction of sp³-hybridized carbons (Fsp3) is 0.0435. The van der Waals surface area contributed by atoms with Gasteiger partial charge in [-0.3, -0.25) is 4.57 Å². The average Bonchev–Trinajstić information content (AvgIpc) is 3.40. The number of urea groups is 1. The molecule has 0 saturated carbocycles. The SMILES string of the molecule is NC(=O)OC(=O)c1cc(Oc2ccc(NC(=O)Nc3cc(C(F)(F)F)ccc3-n3cnnc3)c(F)c2)ccn1. The van der Waals surface area contributed by atoms with Gasteiger partial charge in [-0.15, -0.1) is 10.2 Å². The Morgan fingerprint density at radius 1 is 0.897 bits per heavy atom. The van der Waals surface area contributed by atoms with Crippen LogP contribution in [0.15, 0.2) is 67.4 Å². The molecule has 0 aliphatic heterocycles. The van der Waals surface area contributed by atoms with Crippen LogP contribution >= 0.6 is 0 Å². The molecule has 0 aliphatic carbocycles. The Morgan fingerprint density at radius 2 is 1.59 bits per heavy atom. The predicted molar refractivity (Wildman–Crippen MR) is 125 cm³/mol. The second kappa shape index (κ2) is 10.8. The van der Waals surface area contributed by atoms with Crippen LogP contribution in [0.25, 0.3) is 5.69 Å². The zero-order valence-corrected chi connectivity index (χ0v) is 19.3. The van der Waals surface area contributed by atoms with Gasteiger partial charge in [0.05, 0.1) is 22.6 Å². The smallest absolute Gasteiger partial charge is 0.416 e. The highest BCUT2D eigenvalue weighted by molar-refractivity contribution is 6.01. The molecule has 4 N–H and O–H groups in total. The monoisotopic (exact) mass is 545 g/mol. The van der Waals surface area contributed by atoms with Gasteiger partial charge >= 0.3 is 24.3 Å². The molecule has 0 unspecified atom stereocenters. The number of nitrogens with two attached hydrogens (primary N) is 1. The van der Waals surface area contributed by atoms with E-state index in [-0.39, 0.29) is 34.3 Å². The number of ether oxygens (including phenoxy) is 2. The minimum atomic E-state index is -4.68. The van der Waals surface area contributed by atoms with Crippen molar-refractivity contribution in [2.24, 2.45) is 5.73 Å². The van der Waals surface area contributed by atoms with E-state index < -0.39 is 35.7 Å². The fourth-order valence-corrected chi connectivity index (χ4v) is 3.17. The number of esters is 1. The van der Waals surface area contributed by atoms with Crippen LogP contribution < -0.4 is 21.1 Å². The lowest BCUT2D eigenvalue weighted by molar-refractivity contribution is -0.137. The Labute approximate surface area is 215 Å². The lowest BCUT2D eigenvalue weighted by atomic mass is 10.1. The number of nitrogens with one attached hydrogen (secondary N) is 2. The van der Waals surface area contributed by atoms with Gasteiger partial charge < -0.3 is 25.8 Å². The van der Waals surface area contributed by atoms with Gasteiger partial charge in [0.25, 0.3) is 0 Å². The van der Waals surface area contributed by atoms with E-state index in [1.165, 1.54) is 35.6 Å². The van der Waals surface area contributed by atoms with Gasteiger partial charge in [-0.05, 0) is 36.4 Å². The molecule has 12 nitrogen and oxygen atoms in total. The molecule has 16 heteroatoms. The zero-order chi connectivity index (χ0) is 28.2. The molecule has 4 rings (SSSR count). The van der Waals surface area contributed by atoms with E-state index in [1.54, 1.807) is 0 Å². The third-order valence-electron chi connectivity index (χ3n) is 4.83. The number of alkyl halides is 3. The molecule has 200 valence electrons. The average molecular weight is 545 g/mol. The summed E-state index contributed by atoms with van der Waals surface area (Å²) in [6.07, 6.45) is -2.40. The van der Waals surface area contributed by atoms with Gasteiger partial charge in [0.1, 0.15) is 30.0 Å². The number of carbonyl (C=O) groups excluding carboxylic acids is 3. The lowest BCUT2D eigenvalue weighted by Crippen LogP contribution is -2.21. The number of pyridine rings is 1. The first kappa shape index (κ1) is 26.5. The number of hydrogen-bond donors (Lipinski definition) is 3. The van der Waals surface area contributed by atoms with Crippen molar-refractivity contribution in [3.05, 3.63) is 84.5 Å². The quantitative estimate of drug-likeness (QED) is 0.181. The van der Waals surface area contributed by atoms with Crippen molar-refractivity contribution in [3.63, 3.8) is 0 Å². The maximum absolute atomic E-state index is 14.7. The van der Waals surface area contributed by atoms with Gasteiger partial charge in [-0.2, -0.15) is 13.2 Å². The molecule has 2 aromatic carbocycles. The summed E-state index contributed by atoms with van der Waals surface area (Å²) in [5, 5.41) is 11.6. The Morgan fingerprint density at radius 3 is 2.26 bits per heavy atom. The van der Waals surface area contributed by atoms with E-state index in [0.717, 1.165) is 30.3 Å². The number of anilines is 2. The number of benzene rings is 2. The highest BCUT2D eigenvalue weighted by Gasteiger charge is 2.31. The van der Waals surface area contributed by atoms with Crippen LogP contribution in [0.5, 0.6) is 11.5 Å². The minimum absolute atomic E-state index is 0.0327. The molecule has 4 aromatic rings. The number of rotatable bonds is 6. The van der Waals surface area contributed by atoms with Gasteiger partial charge in [-0.25, -0.2) is 23.8 Å². The van der Waals surface area contributed by atoms with Crippen molar-refractivity contribution < 1.29 is 41.4 Å². The first-order chi connectivity index (χ1) is 18.5. The van der Waals surface area contributed by atoms with E-state index in [1.807, 2.05) is 0 Å². The third kappa shape index (κ3) is 6.62. The minimum Gasteiger partial charge on any atom is -0.457 e. The van der Waals surface area contributed by atoms with E-state index in [2.05, 4.69) is 30.6 Å². The van der Waals surface area contributed by atoms with Gasteiger partial charge in [0.2, 0.25) is 0 Å². The van der Waals surface area contributed by atoms with Gasteiger partial charge in [0, 0.05) is 18.3 Å². The largest absolute Gasteiger partial charge is 0.457 e. The van der Waals surface area contributed by atoms with Crippen molar-refractivity contribution in [2.45, 2.75) is 6.18 Å². The molecule has 0 radical (unpaired) electrons. The van der Waals surface area contributed by atoms with Crippen molar-refractivity contribution in [1.82, 2.24) is 19.7 Å². The number of hydrogen-bond acceptors (Lipinski definition) is 8. The molecule has 0 bridgehead atoms. The van der Waals surface area contributed by atoms with Crippen LogP contribution in [0.2, 0.25) is 0 Å². The van der Waals surface area contributed by atoms with E-state index in [9.17, 15) is 31.9 Å². The Bertz CT molecular complexity index is 1540. The summed E-state index contributed by atoms with van der Waals surface area (Å²) in [7, 11) is 0. The molecule has 0 atom stereocenters. The number of halogens is 4. The zero-order valence-electron chi connectivity index (χ0n) is 19.3. The highest BCUT2D eigenvalue weighted by Crippen LogP contribution is 2.33. The van der Waals surface area contributed by atoms with Gasteiger partial charge in [0.15, 0.2) is 5.69 Å². The molecule has 0 spiro atoms. The van der Waals surface area contributed by atoms with E-state index in [0.29, 0.717) is 6.07 Å². The second-order valence-corrected chi connectivity index (χ2v) is 7.51. The maximum atomic E-state index is 14.7. The van der Waals surface area contributed by atoms with Crippen LogP contribution in [0.3, 0.4) is 0 Å². The Kier molecular flexibility index (Phi) is 7.37. The maximum Gasteiger partial charge on any atom is 0.416 e. The first-order valence-electron chi connectivity index (χ1n) is 10.6. The van der Waals surface area contributed by atoms with E-state index >= 15 is 0 Å². The molecule has 0 saturated heterocycles. The van der Waals surface area contributed by atoms with Crippen LogP contribution in [0.4, 0.5) is 38.5 Å². The summed E-state index contributed by atoms with van der Waals surface area (Å²) in [4.78, 5) is 38.7. The molecule has 39 heavy (non-hydrogen) atoms. The van der Waals surface area contributed by atoms with Crippen LogP contribution in [0.1, 0.15) is 16.1 Å². The number of carbonyl (C=O) groups is 3. The number of nitrogens with zero attached hydrogens (tertiary/aromatic N) is 4. The molecule has 2 aromatic heterocycles. The highest BCUT2D eigenvalue weighted by atomic mass is 19.4. The summed E-state index contributed by atoms with van der Waals surface area (Å²) < 4.78 is 65.3. The van der Waals surface area contributed by atoms with Crippen LogP contribution in [0, 0.1) is 5.82 Å². The Hall–Kier alpha value is -5.54. The summed E-state index contributed by atoms with van der Waals surface area (Å²) in [6, 6.07) is 7.38. The number of aromatic nitrogens is 4. The molecule has 2 heterocycles. The fourth-order valence-electron chi connectivity index (χ4n) is 3.17. The van der Waals surface area contributed by atoms with Crippen molar-refractivity contribution in [1.29, 1.82) is 0 Å². The topological polar surface area (TPSA) is 163 Å². The number of amides is 3. The predicted octanol–water partition coefficient (Wildman–Crippen LogP) is 4.49. The van der Waals surface area contributed by atoms with Gasteiger partial charge in [-0.1, -0.05) is 0 Å². The normalized spacial score (nSPS) is 11.0. The second-order valence-electron chi connectivity index (χ2n) is 7.51.